The van der Waals surface area contributed by atoms with Crippen molar-refractivity contribution in [2.45, 2.75) is 57.6 Å². The zero-order valence-corrected chi connectivity index (χ0v) is 14.7. The molecule has 134 valence electrons. The molecule has 3 rings (SSSR count). The van der Waals surface area contributed by atoms with E-state index in [-0.39, 0.29) is 19.1 Å². The van der Waals surface area contributed by atoms with Crippen molar-refractivity contribution in [3.05, 3.63) is 35.4 Å². The molecule has 3 amide bonds. The van der Waals surface area contributed by atoms with Crippen LogP contribution in [-0.2, 0) is 20.9 Å². The Morgan fingerprint density at radius 3 is 2.44 bits per heavy atom. The van der Waals surface area contributed by atoms with Crippen LogP contribution in [0, 0.1) is 0 Å². The smallest absolute Gasteiger partial charge is 0.326 e. The number of amides is 3. The van der Waals surface area contributed by atoms with E-state index in [2.05, 4.69) is 19.2 Å². The van der Waals surface area contributed by atoms with Gasteiger partial charge in [0.15, 0.2) is 0 Å². The van der Waals surface area contributed by atoms with Gasteiger partial charge in [0.25, 0.3) is 5.91 Å². The summed E-state index contributed by atoms with van der Waals surface area (Å²) in [5.41, 5.74) is 1.31. The van der Waals surface area contributed by atoms with E-state index in [0.29, 0.717) is 18.8 Å². The largest absolute Gasteiger partial charge is 0.459 e. The summed E-state index contributed by atoms with van der Waals surface area (Å²) in [4.78, 5) is 37.6. The lowest BCUT2D eigenvalue weighted by molar-refractivity contribution is -0.148. The van der Waals surface area contributed by atoms with E-state index in [4.69, 9.17) is 4.74 Å². The lowest BCUT2D eigenvalue weighted by Crippen LogP contribution is -2.44. The number of carbonyl (C=O) groups is 3. The maximum atomic E-state index is 12.5. The number of ether oxygens (including phenoxy) is 1. The van der Waals surface area contributed by atoms with Gasteiger partial charge in [-0.3, -0.25) is 14.5 Å². The van der Waals surface area contributed by atoms with Gasteiger partial charge in [0, 0.05) is 0 Å². The molecule has 1 aromatic rings. The molecule has 2 fully saturated rings. The standard InChI is InChI=1S/C19H24N2O4/c1-13(2)15-7-5-14(6-8-15)12-25-16(22)11-21-17(23)19(20-18(21)24)9-3-4-10-19/h5-8,13H,3-4,9-12H2,1-2H3,(H,20,24). The Kier molecular flexibility index (Phi) is 4.79. The van der Waals surface area contributed by atoms with Crippen molar-refractivity contribution in [1.82, 2.24) is 10.2 Å². The van der Waals surface area contributed by atoms with Gasteiger partial charge >= 0.3 is 12.0 Å². The van der Waals surface area contributed by atoms with Crippen molar-refractivity contribution in [2.24, 2.45) is 0 Å². The molecule has 0 bridgehead atoms. The molecule has 6 nitrogen and oxygen atoms in total. The summed E-state index contributed by atoms with van der Waals surface area (Å²) in [5, 5.41) is 2.75. The van der Waals surface area contributed by atoms with E-state index >= 15 is 0 Å². The molecule has 0 atom stereocenters. The fourth-order valence-electron chi connectivity index (χ4n) is 3.47. The number of hydrogen-bond donors (Lipinski definition) is 1. The third-order valence-corrected chi connectivity index (χ3v) is 5.04. The lowest BCUT2D eigenvalue weighted by atomic mass is 9.98. The molecule has 1 heterocycles. The first-order valence-electron chi connectivity index (χ1n) is 8.80. The molecule has 1 aromatic carbocycles. The molecule has 25 heavy (non-hydrogen) atoms. The van der Waals surface area contributed by atoms with Crippen LogP contribution in [0.2, 0.25) is 0 Å². The third-order valence-electron chi connectivity index (χ3n) is 5.04. The molecule has 0 unspecified atom stereocenters. The van der Waals surface area contributed by atoms with Gasteiger partial charge in [-0.2, -0.15) is 0 Å². The molecule has 0 aromatic heterocycles. The highest BCUT2D eigenvalue weighted by Crippen LogP contribution is 2.34. The summed E-state index contributed by atoms with van der Waals surface area (Å²) < 4.78 is 5.23. The predicted molar refractivity (Wildman–Crippen MR) is 91.8 cm³/mol. The van der Waals surface area contributed by atoms with Crippen LogP contribution in [0.5, 0.6) is 0 Å². The number of hydrogen-bond acceptors (Lipinski definition) is 4. The second-order valence-corrected chi connectivity index (χ2v) is 7.17. The number of imide groups is 1. The highest BCUT2D eigenvalue weighted by Gasteiger charge is 2.52. The van der Waals surface area contributed by atoms with Crippen LogP contribution < -0.4 is 5.32 Å². The molecule has 1 saturated heterocycles. The van der Waals surface area contributed by atoms with E-state index in [1.165, 1.54) is 5.56 Å². The van der Waals surface area contributed by atoms with Gasteiger partial charge in [-0.15, -0.1) is 0 Å². The van der Waals surface area contributed by atoms with Crippen molar-refractivity contribution in [3.63, 3.8) is 0 Å². The van der Waals surface area contributed by atoms with Crippen LogP contribution in [0.3, 0.4) is 0 Å². The number of urea groups is 1. The van der Waals surface area contributed by atoms with Crippen LogP contribution >= 0.6 is 0 Å². The Morgan fingerprint density at radius 2 is 1.84 bits per heavy atom. The summed E-state index contributed by atoms with van der Waals surface area (Å²) in [6.45, 7) is 4.02. The van der Waals surface area contributed by atoms with Crippen molar-refractivity contribution in [3.8, 4) is 0 Å². The van der Waals surface area contributed by atoms with Gasteiger partial charge in [0.2, 0.25) is 0 Å². The Balaban J connectivity index is 1.54. The second-order valence-electron chi connectivity index (χ2n) is 7.17. The molecule has 1 spiro atoms. The molecular weight excluding hydrogens is 320 g/mol. The molecule has 0 radical (unpaired) electrons. The van der Waals surface area contributed by atoms with Gasteiger partial charge in [-0.1, -0.05) is 51.0 Å². The molecule has 1 saturated carbocycles. The summed E-state index contributed by atoms with van der Waals surface area (Å²) >= 11 is 0. The van der Waals surface area contributed by atoms with Gasteiger partial charge in [-0.25, -0.2) is 4.79 Å². The third kappa shape index (κ3) is 3.52. The van der Waals surface area contributed by atoms with Gasteiger partial charge in [0.05, 0.1) is 0 Å². The van der Waals surface area contributed by atoms with Gasteiger partial charge in [0.1, 0.15) is 18.7 Å². The monoisotopic (exact) mass is 344 g/mol. The van der Waals surface area contributed by atoms with E-state index < -0.39 is 17.5 Å². The second kappa shape index (κ2) is 6.86. The topological polar surface area (TPSA) is 75.7 Å². The molecule has 1 N–H and O–H groups in total. The summed E-state index contributed by atoms with van der Waals surface area (Å²) in [7, 11) is 0. The van der Waals surface area contributed by atoms with Crippen LogP contribution in [-0.4, -0.2) is 34.9 Å². The van der Waals surface area contributed by atoms with Crippen molar-refractivity contribution in [1.29, 1.82) is 0 Å². The number of rotatable bonds is 5. The number of esters is 1. The highest BCUT2D eigenvalue weighted by molar-refractivity contribution is 6.08. The number of nitrogens with one attached hydrogen (secondary N) is 1. The van der Waals surface area contributed by atoms with Gasteiger partial charge in [-0.05, 0) is 29.9 Å². The summed E-state index contributed by atoms with van der Waals surface area (Å²) in [6.07, 6.45) is 3.12. The normalized spacial score (nSPS) is 18.9. The first-order chi connectivity index (χ1) is 11.9. The zero-order chi connectivity index (χ0) is 18.0. The number of carbonyl (C=O) groups excluding carboxylic acids is 3. The first kappa shape index (κ1) is 17.5. The molecular formula is C19H24N2O4. The van der Waals surface area contributed by atoms with Crippen molar-refractivity contribution >= 4 is 17.9 Å². The zero-order valence-electron chi connectivity index (χ0n) is 14.7. The van der Waals surface area contributed by atoms with Crippen molar-refractivity contribution < 1.29 is 19.1 Å². The average molecular weight is 344 g/mol. The quantitative estimate of drug-likeness (QED) is 0.658. The molecule has 6 heteroatoms. The van der Waals surface area contributed by atoms with Crippen LogP contribution in [0.1, 0.15) is 56.6 Å². The minimum atomic E-state index is -0.788. The van der Waals surface area contributed by atoms with E-state index in [1.807, 2.05) is 24.3 Å². The predicted octanol–water partition coefficient (Wildman–Crippen LogP) is 2.72. The number of benzene rings is 1. The maximum absolute atomic E-state index is 12.5. The fraction of sp³-hybridized carbons (Fsp3) is 0.526. The van der Waals surface area contributed by atoms with E-state index in [0.717, 1.165) is 23.3 Å². The fourth-order valence-corrected chi connectivity index (χ4v) is 3.47. The van der Waals surface area contributed by atoms with E-state index in [1.54, 1.807) is 0 Å². The Labute approximate surface area is 147 Å². The maximum Gasteiger partial charge on any atom is 0.326 e. The highest BCUT2D eigenvalue weighted by atomic mass is 16.5. The van der Waals surface area contributed by atoms with E-state index in [9.17, 15) is 14.4 Å². The lowest BCUT2D eigenvalue weighted by Gasteiger charge is -2.19. The first-order valence-corrected chi connectivity index (χ1v) is 8.80. The van der Waals surface area contributed by atoms with Crippen molar-refractivity contribution in [2.75, 3.05) is 6.54 Å². The van der Waals surface area contributed by atoms with Crippen LogP contribution in [0.15, 0.2) is 24.3 Å². The van der Waals surface area contributed by atoms with Gasteiger partial charge < -0.3 is 10.1 Å². The minimum Gasteiger partial charge on any atom is -0.459 e. The Morgan fingerprint density at radius 1 is 1.20 bits per heavy atom. The SMILES string of the molecule is CC(C)c1ccc(COC(=O)CN2C(=O)NC3(CCCC3)C2=O)cc1. The molecule has 2 aliphatic rings. The Hall–Kier alpha value is -2.37. The number of nitrogens with zero attached hydrogens (tertiary/aromatic N) is 1. The molecule has 1 aliphatic carbocycles. The summed E-state index contributed by atoms with van der Waals surface area (Å²) in [5.74, 6) is -0.432. The minimum absolute atomic E-state index is 0.131. The van der Waals surface area contributed by atoms with Crippen LogP contribution in [0.4, 0.5) is 4.79 Å². The van der Waals surface area contributed by atoms with Crippen LogP contribution in [0.25, 0.3) is 0 Å². The Bertz CT molecular complexity index is 675. The summed E-state index contributed by atoms with van der Waals surface area (Å²) in [6, 6.07) is 7.36. The average Bonchev–Trinajstić information content (AvgIpc) is 3.14. The molecule has 1 aliphatic heterocycles.